The average Bonchev–Trinajstić information content (AvgIpc) is 2.30. The largest absolute Gasteiger partial charge is 0.463 e. The zero-order valence-corrected chi connectivity index (χ0v) is 11.6. The van der Waals surface area contributed by atoms with Crippen LogP contribution in [0.2, 0.25) is 0 Å². The van der Waals surface area contributed by atoms with Crippen LogP contribution in [0.4, 0.5) is 0 Å². The normalized spacial score (nSPS) is 17.7. The van der Waals surface area contributed by atoms with Gasteiger partial charge in [-0.25, -0.2) is 0 Å². The van der Waals surface area contributed by atoms with Gasteiger partial charge >= 0.3 is 9.28 Å². The minimum Gasteiger partial charge on any atom is -0.463 e. The highest BCUT2D eigenvalue weighted by molar-refractivity contribution is 6.61. The van der Waals surface area contributed by atoms with Gasteiger partial charge in [0.25, 0.3) is 0 Å². The third-order valence-electron chi connectivity index (χ3n) is 2.60. The van der Waals surface area contributed by atoms with E-state index in [0.717, 1.165) is 16.5 Å². The van der Waals surface area contributed by atoms with Crippen LogP contribution in [-0.4, -0.2) is 29.3 Å². The quantitative estimate of drug-likeness (QED) is 0.761. The molecule has 5 heteroatoms. The van der Waals surface area contributed by atoms with Gasteiger partial charge in [-0.05, 0) is 17.3 Å². The van der Waals surface area contributed by atoms with E-state index < -0.39 is 15.1 Å². The van der Waals surface area contributed by atoms with E-state index in [-0.39, 0.29) is 0 Å². The fourth-order valence-electron chi connectivity index (χ4n) is 1.78. The van der Waals surface area contributed by atoms with Crippen LogP contribution in [-0.2, 0) is 20.2 Å². The lowest BCUT2D eigenvalue weighted by molar-refractivity contribution is -0.180. The number of hydrogen-bond acceptors (Lipinski definition) is 4. The Morgan fingerprint density at radius 3 is 2.59 bits per heavy atom. The van der Waals surface area contributed by atoms with E-state index in [9.17, 15) is 0 Å². The van der Waals surface area contributed by atoms with E-state index in [2.05, 4.69) is 0 Å². The molecule has 1 heterocycles. The maximum absolute atomic E-state index is 5.73. The highest BCUT2D eigenvalue weighted by atomic mass is 28.3. The summed E-state index contributed by atoms with van der Waals surface area (Å²) in [6.07, 6.45) is 0. The zero-order chi connectivity index (χ0) is 12.5. The third kappa shape index (κ3) is 2.69. The molecule has 4 nitrogen and oxygen atoms in total. The summed E-state index contributed by atoms with van der Waals surface area (Å²) in [4.78, 5) is 0. The number of fused-ring (bicyclic) bond motifs is 1. The Balaban J connectivity index is 2.27. The Morgan fingerprint density at radius 1 is 1.24 bits per heavy atom. The van der Waals surface area contributed by atoms with Crippen molar-refractivity contribution in [3.8, 4) is 5.75 Å². The molecule has 0 fully saturated rings. The molecule has 1 aromatic rings. The summed E-state index contributed by atoms with van der Waals surface area (Å²) in [6, 6.07) is 5.98. The van der Waals surface area contributed by atoms with Crippen molar-refractivity contribution in [1.82, 2.24) is 0 Å². The van der Waals surface area contributed by atoms with Gasteiger partial charge in [0.15, 0.2) is 0 Å². The summed E-state index contributed by atoms with van der Waals surface area (Å²) in [6.45, 7) is 4.37. The second-order valence-electron chi connectivity index (χ2n) is 4.31. The van der Waals surface area contributed by atoms with Crippen LogP contribution in [0.3, 0.4) is 0 Å². The minimum atomic E-state index is -1.37. The van der Waals surface area contributed by atoms with Gasteiger partial charge in [-0.2, -0.15) is 0 Å². The highest BCUT2D eigenvalue weighted by Crippen LogP contribution is 2.30. The Bertz CT molecular complexity index is 401. The highest BCUT2D eigenvalue weighted by Gasteiger charge is 2.28. The van der Waals surface area contributed by atoms with Crippen molar-refractivity contribution in [3.63, 3.8) is 0 Å². The van der Waals surface area contributed by atoms with Gasteiger partial charge in [-0.3, -0.25) is 0 Å². The first kappa shape index (κ1) is 12.6. The lowest BCUT2D eigenvalue weighted by atomic mass is 10.2. The Morgan fingerprint density at radius 2 is 1.94 bits per heavy atom. The molecule has 0 bridgehead atoms. The summed E-state index contributed by atoms with van der Waals surface area (Å²) < 4.78 is 22.0. The number of hydrogen-bond donors (Lipinski definition) is 0. The SMILES string of the molecule is CO[Si](OC)c1ccc2c(c1)COC(C)(C)O2. The van der Waals surface area contributed by atoms with Gasteiger partial charge in [0.05, 0.1) is 6.61 Å². The molecular weight excluding hydrogens is 236 g/mol. The van der Waals surface area contributed by atoms with Crippen molar-refractivity contribution in [1.29, 1.82) is 0 Å². The Hall–Kier alpha value is -0.883. The first-order chi connectivity index (χ1) is 8.05. The summed E-state index contributed by atoms with van der Waals surface area (Å²) in [5, 5.41) is 1.06. The van der Waals surface area contributed by atoms with Crippen molar-refractivity contribution < 1.29 is 18.3 Å². The van der Waals surface area contributed by atoms with E-state index in [0.29, 0.717) is 6.61 Å². The van der Waals surface area contributed by atoms with Crippen LogP contribution in [0.25, 0.3) is 0 Å². The van der Waals surface area contributed by atoms with Crippen LogP contribution in [0, 0.1) is 0 Å². The summed E-state index contributed by atoms with van der Waals surface area (Å²) in [7, 11) is 1.95. The first-order valence-corrected chi connectivity index (χ1v) is 6.78. The van der Waals surface area contributed by atoms with Crippen molar-refractivity contribution in [3.05, 3.63) is 23.8 Å². The molecule has 1 aliphatic heterocycles. The minimum absolute atomic E-state index is 0.551. The average molecular weight is 253 g/mol. The van der Waals surface area contributed by atoms with Crippen LogP contribution in [0.1, 0.15) is 19.4 Å². The van der Waals surface area contributed by atoms with Gasteiger partial charge in [-0.15, -0.1) is 0 Å². The summed E-state index contributed by atoms with van der Waals surface area (Å²) in [5.74, 6) is 0.323. The molecule has 1 radical (unpaired) electrons. The predicted molar refractivity (Wildman–Crippen MR) is 65.3 cm³/mol. The fraction of sp³-hybridized carbons (Fsp3) is 0.500. The number of benzene rings is 1. The maximum atomic E-state index is 5.73. The third-order valence-corrected chi connectivity index (χ3v) is 4.12. The zero-order valence-electron chi connectivity index (χ0n) is 10.6. The number of ether oxygens (including phenoxy) is 2. The van der Waals surface area contributed by atoms with Crippen molar-refractivity contribution in [2.45, 2.75) is 26.2 Å². The summed E-state index contributed by atoms with van der Waals surface area (Å²) >= 11 is 0. The first-order valence-electron chi connectivity index (χ1n) is 5.47. The van der Waals surface area contributed by atoms with Gasteiger partial charge in [-0.1, -0.05) is 6.07 Å². The summed E-state index contributed by atoms with van der Waals surface area (Å²) in [5.41, 5.74) is 1.04. The molecule has 0 aliphatic carbocycles. The molecule has 17 heavy (non-hydrogen) atoms. The molecule has 2 rings (SSSR count). The molecular formula is C12H17O4Si. The molecule has 0 unspecified atom stereocenters. The lowest BCUT2D eigenvalue weighted by Crippen LogP contribution is -2.38. The second kappa shape index (κ2) is 4.78. The molecule has 0 atom stereocenters. The molecule has 0 aromatic heterocycles. The fourth-order valence-corrected chi connectivity index (χ4v) is 2.93. The van der Waals surface area contributed by atoms with E-state index in [1.165, 1.54) is 0 Å². The van der Waals surface area contributed by atoms with Crippen LogP contribution in [0.15, 0.2) is 18.2 Å². The lowest BCUT2D eigenvalue weighted by Gasteiger charge is -2.32. The molecule has 0 N–H and O–H groups in total. The Labute approximate surface area is 103 Å². The van der Waals surface area contributed by atoms with E-state index in [1.807, 2.05) is 32.0 Å². The second-order valence-corrected chi connectivity index (χ2v) is 6.28. The predicted octanol–water partition coefficient (Wildman–Crippen LogP) is 1.32. The van der Waals surface area contributed by atoms with E-state index in [1.54, 1.807) is 14.2 Å². The standard InChI is InChI=1S/C12H17O4Si/c1-12(2)15-8-9-7-10(17(13-3)14-4)5-6-11(9)16-12/h5-7H,8H2,1-4H3. The molecule has 0 spiro atoms. The van der Waals surface area contributed by atoms with Crippen LogP contribution < -0.4 is 9.92 Å². The van der Waals surface area contributed by atoms with Crippen LogP contribution >= 0.6 is 0 Å². The van der Waals surface area contributed by atoms with E-state index in [4.69, 9.17) is 18.3 Å². The van der Waals surface area contributed by atoms with Crippen molar-refractivity contribution in [2.75, 3.05) is 14.2 Å². The van der Waals surface area contributed by atoms with Gasteiger partial charge in [0, 0.05) is 33.6 Å². The molecule has 1 aromatic carbocycles. The van der Waals surface area contributed by atoms with Crippen molar-refractivity contribution in [2.24, 2.45) is 0 Å². The van der Waals surface area contributed by atoms with Gasteiger partial charge < -0.3 is 18.3 Å². The van der Waals surface area contributed by atoms with Crippen molar-refractivity contribution >= 4 is 14.5 Å². The smallest absolute Gasteiger partial charge is 0.423 e. The maximum Gasteiger partial charge on any atom is 0.423 e. The van der Waals surface area contributed by atoms with Gasteiger partial charge in [0.1, 0.15) is 5.75 Å². The monoisotopic (exact) mass is 253 g/mol. The topological polar surface area (TPSA) is 36.9 Å². The molecule has 1 aliphatic rings. The van der Waals surface area contributed by atoms with Crippen LogP contribution in [0.5, 0.6) is 5.75 Å². The molecule has 0 saturated carbocycles. The molecule has 93 valence electrons. The Kier molecular flexibility index (Phi) is 3.53. The van der Waals surface area contributed by atoms with Gasteiger partial charge in [0.2, 0.25) is 5.79 Å². The number of rotatable bonds is 3. The molecule has 0 saturated heterocycles. The molecule has 0 amide bonds. The van der Waals surface area contributed by atoms with E-state index >= 15 is 0 Å².